The zero-order valence-electron chi connectivity index (χ0n) is 8.73. The maximum Gasteiger partial charge on any atom is 0.307 e. The Balaban J connectivity index is 1.94. The van der Waals surface area contributed by atoms with Crippen LogP contribution in [-0.4, -0.2) is 17.1 Å². The number of hydrogen-bond donors (Lipinski definition) is 2. The minimum Gasteiger partial charge on any atom is -0.456 e. The van der Waals surface area contributed by atoms with Crippen LogP contribution in [0.4, 0.5) is 0 Å². The molecular weight excluding hydrogens is 206 g/mol. The number of aryl methyl sites for hydroxylation is 1. The summed E-state index contributed by atoms with van der Waals surface area (Å²) in [6, 6.07) is 7.02. The summed E-state index contributed by atoms with van der Waals surface area (Å²) in [5.41, 5.74) is 3.18. The van der Waals surface area contributed by atoms with Crippen LogP contribution >= 0.6 is 0 Å². The van der Waals surface area contributed by atoms with Crippen molar-refractivity contribution in [1.82, 2.24) is 10.4 Å². The Bertz CT molecular complexity index is 497. The second-order valence-electron chi connectivity index (χ2n) is 3.23. The summed E-state index contributed by atoms with van der Waals surface area (Å²) in [6.07, 6.45) is 3.30. The van der Waals surface area contributed by atoms with Gasteiger partial charge in [-0.25, -0.2) is 5.43 Å². The number of H-pyrrole nitrogens is 1. The number of furan rings is 1. The van der Waals surface area contributed by atoms with Gasteiger partial charge in [0.05, 0.1) is 11.9 Å². The van der Waals surface area contributed by atoms with Gasteiger partial charge >= 0.3 is 5.91 Å². The quantitative estimate of drug-likeness (QED) is 0.606. The molecular formula is C11H11N3O2. The number of amides is 1. The van der Waals surface area contributed by atoms with Crippen molar-refractivity contribution >= 4 is 12.1 Å². The van der Waals surface area contributed by atoms with Crippen LogP contribution in [0.15, 0.2) is 40.0 Å². The van der Waals surface area contributed by atoms with Gasteiger partial charge in [-0.3, -0.25) is 4.79 Å². The molecule has 0 aliphatic heterocycles. The van der Waals surface area contributed by atoms with E-state index in [0.29, 0.717) is 5.76 Å². The van der Waals surface area contributed by atoms with Gasteiger partial charge < -0.3 is 9.40 Å². The Morgan fingerprint density at radius 2 is 2.38 bits per heavy atom. The second kappa shape index (κ2) is 4.48. The average Bonchev–Trinajstić information content (AvgIpc) is 2.89. The zero-order valence-corrected chi connectivity index (χ0v) is 8.73. The summed E-state index contributed by atoms with van der Waals surface area (Å²) >= 11 is 0. The highest BCUT2D eigenvalue weighted by Gasteiger charge is 2.07. The third kappa shape index (κ3) is 2.38. The first-order valence-electron chi connectivity index (χ1n) is 4.79. The number of carbonyl (C=O) groups is 1. The third-order valence-corrected chi connectivity index (χ3v) is 1.96. The van der Waals surface area contributed by atoms with Crippen molar-refractivity contribution < 1.29 is 9.21 Å². The Morgan fingerprint density at radius 3 is 3.00 bits per heavy atom. The fourth-order valence-electron chi connectivity index (χ4n) is 1.20. The molecule has 0 aliphatic carbocycles. The highest BCUT2D eigenvalue weighted by molar-refractivity contribution is 5.92. The monoisotopic (exact) mass is 217 g/mol. The molecule has 0 aromatic carbocycles. The summed E-state index contributed by atoms with van der Waals surface area (Å²) in [4.78, 5) is 14.4. The SMILES string of the molecule is Cc1ccc(C(=O)N/N=C/c2ccc[nH]2)o1. The molecule has 0 radical (unpaired) electrons. The molecule has 0 atom stereocenters. The van der Waals surface area contributed by atoms with Crippen molar-refractivity contribution in [1.29, 1.82) is 0 Å². The molecule has 0 saturated carbocycles. The Hall–Kier alpha value is -2.30. The number of hydrazone groups is 1. The molecule has 1 amide bonds. The van der Waals surface area contributed by atoms with Gasteiger partial charge in [0.2, 0.25) is 0 Å². The largest absolute Gasteiger partial charge is 0.456 e. The van der Waals surface area contributed by atoms with Gasteiger partial charge in [0, 0.05) is 6.20 Å². The van der Waals surface area contributed by atoms with E-state index in [9.17, 15) is 4.79 Å². The van der Waals surface area contributed by atoms with E-state index >= 15 is 0 Å². The van der Waals surface area contributed by atoms with E-state index in [2.05, 4.69) is 15.5 Å². The number of rotatable bonds is 3. The van der Waals surface area contributed by atoms with Gasteiger partial charge in [-0.05, 0) is 31.2 Å². The van der Waals surface area contributed by atoms with Crippen molar-refractivity contribution in [2.24, 2.45) is 5.10 Å². The van der Waals surface area contributed by atoms with Crippen molar-refractivity contribution in [3.63, 3.8) is 0 Å². The maximum absolute atomic E-state index is 11.5. The lowest BCUT2D eigenvalue weighted by Gasteiger charge is -1.94. The average molecular weight is 217 g/mol. The van der Waals surface area contributed by atoms with Gasteiger partial charge in [0.15, 0.2) is 5.76 Å². The zero-order chi connectivity index (χ0) is 11.4. The molecule has 0 saturated heterocycles. The molecule has 0 bridgehead atoms. The number of nitrogens with one attached hydrogen (secondary N) is 2. The molecule has 2 N–H and O–H groups in total. The normalized spacial score (nSPS) is 10.8. The number of aromatic amines is 1. The number of aromatic nitrogens is 1. The summed E-state index contributed by atoms with van der Waals surface area (Å²) in [7, 11) is 0. The summed E-state index contributed by atoms with van der Waals surface area (Å²) in [5.74, 6) is 0.579. The molecule has 2 aromatic rings. The van der Waals surface area contributed by atoms with E-state index in [0.717, 1.165) is 5.69 Å². The van der Waals surface area contributed by atoms with Crippen LogP contribution in [0.2, 0.25) is 0 Å². The minimum absolute atomic E-state index is 0.251. The first-order valence-corrected chi connectivity index (χ1v) is 4.79. The van der Waals surface area contributed by atoms with Crippen LogP contribution in [0.1, 0.15) is 22.0 Å². The van der Waals surface area contributed by atoms with Crippen molar-refractivity contribution in [2.75, 3.05) is 0 Å². The lowest BCUT2D eigenvalue weighted by Crippen LogP contribution is -2.16. The maximum atomic E-state index is 11.5. The van der Waals surface area contributed by atoms with Crippen LogP contribution in [0.3, 0.4) is 0 Å². The molecule has 5 heteroatoms. The van der Waals surface area contributed by atoms with Crippen LogP contribution in [0.25, 0.3) is 0 Å². The van der Waals surface area contributed by atoms with E-state index in [1.54, 1.807) is 25.3 Å². The standard InChI is InChI=1S/C11H11N3O2/c1-8-4-5-10(16-8)11(15)14-13-7-9-3-2-6-12-9/h2-7,12H,1H3,(H,14,15)/b13-7+. The van der Waals surface area contributed by atoms with E-state index < -0.39 is 0 Å². The Kier molecular flexibility index (Phi) is 2.86. The molecule has 16 heavy (non-hydrogen) atoms. The van der Waals surface area contributed by atoms with Crippen molar-refractivity contribution in [2.45, 2.75) is 6.92 Å². The fraction of sp³-hybridized carbons (Fsp3) is 0.0909. The molecule has 82 valence electrons. The predicted octanol–water partition coefficient (Wildman–Crippen LogP) is 1.68. The predicted molar refractivity (Wildman–Crippen MR) is 59.3 cm³/mol. The summed E-state index contributed by atoms with van der Waals surface area (Å²) in [5, 5.41) is 3.78. The summed E-state index contributed by atoms with van der Waals surface area (Å²) < 4.78 is 5.14. The van der Waals surface area contributed by atoms with Gasteiger partial charge in [-0.1, -0.05) is 0 Å². The van der Waals surface area contributed by atoms with E-state index in [1.165, 1.54) is 6.21 Å². The smallest absolute Gasteiger partial charge is 0.307 e. The molecule has 0 aliphatic rings. The van der Waals surface area contributed by atoms with Crippen LogP contribution in [-0.2, 0) is 0 Å². The lowest BCUT2D eigenvalue weighted by atomic mass is 10.4. The number of nitrogens with zero attached hydrogens (tertiary/aromatic N) is 1. The first-order chi connectivity index (χ1) is 7.75. The topological polar surface area (TPSA) is 70.4 Å². The van der Waals surface area contributed by atoms with E-state index in [4.69, 9.17) is 4.42 Å². The highest BCUT2D eigenvalue weighted by atomic mass is 16.3. The first kappa shape index (κ1) is 10.2. The van der Waals surface area contributed by atoms with Gasteiger partial charge in [0.1, 0.15) is 5.76 Å². The third-order valence-electron chi connectivity index (χ3n) is 1.96. The van der Waals surface area contributed by atoms with Crippen LogP contribution in [0, 0.1) is 6.92 Å². The highest BCUT2D eigenvalue weighted by Crippen LogP contribution is 2.05. The van der Waals surface area contributed by atoms with Crippen LogP contribution < -0.4 is 5.43 Å². The lowest BCUT2D eigenvalue weighted by molar-refractivity contribution is 0.0926. The van der Waals surface area contributed by atoms with Crippen molar-refractivity contribution in [3.8, 4) is 0 Å². The molecule has 5 nitrogen and oxygen atoms in total. The molecule has 2 rings (SSSR count). The molecule has 2 aromatic heterocycles. The fourth-order valence-corrected chi connectivity index (χ4v) is 1.20. The molecule has 0 spiro atoms. The second-order valence-corrected chi connectivity index (χ2v) is 3.23. The van der Waals surface area contributed by atoms with E-state index in [-0.39, 0.29) is 11.7 Å². The van der Waals surface area contributed by atoms with E-state index in [1.807, 2.05) is 12.1 Å². The van der Waals surface area contributed by atoms with Crippen molar-refractivity contribution in [3.05, 3.63) is 47.7 Å². The molecule has 0 fully saturated rings. The number of carbonyl (C=O) groups excluding carboxylic acids is 1. The Morgan fingerprint density at radius 1 is 1.50 bits per heavy atom. The Labute approximate surface area is 92.2 Å². The van der Waals surface area contributed by atoms with Gasteiger partial charge in [-0.15, -0.1) is 0 Å². The number of hydrogen-bond acceptors (Lipinski definition) is 3. The van der Waals surface area contributed by atoms with Gasteiger partial charge in [-0.2, -0.15) is 5.10 Å². The minimum atomic E-state index is -0.365. The summed E-state index contributed by atoms with van der Waals surface area (Å²) in [6.45, 7) is 1.78. The molecule has 2 heterocycles. The van der Waals surface area contributed by atoms with Gasteiger partial charge in [0.25, 0.3) is 0 Å². The molecule has 0 unspecified atom stereocenters. The van der Waals surface area contributed by atoms with Crippen LogP contribution in [0.5, 0.6) is 0 Å².